The first kappa shape index (κ1) is 12.3. The van der Waals surface area contributed by atoms with Crippen molar-refractivity contribution >= 4 is 7.60 Å². The summed E-state index contributed by atoms with van der Waals surface area (Å²) in [6.07, 6.45) is 1.50. The van der Waals surface area contributed by atoms with Gasteiger partial charge in [-0.3, -0.25) is 9.55 Å². The van der Waals surface area contributed by atoms with Gasteiger partial charge in [0.2, 0.25) is 5.34 Å². The predicted molar refractivity (Wildman–Crippen MR) is 55.4 cm³/mol. The molecule has 1 N–H and O–H groups in total. The van der Waals surface area contributed by atoms with Gasteiger partial charge in [0.25, 0.3) is 0 Å². The zero-order valence-corrected chi connectivity index (χ0v) is 9.77. The number of hydrogen-bond donors (Lipinski definition) is 1. The summed E-state index contributed by atoms with van der Waals surface area (Å²) in [6.45, 7) is 1.35. The number of hydrogen-bond acceptors (Lipinski definition) is 5. The standard InChI is InChI=1S/C9H14NO4P/c1-9(11,15(12,13-2)14-3)8-6-4-5-7-10-8/h4-7,11H,1-3H3. The summed E-state index contributed by atoms with van der Waals surface area (Å²) >= 11 is 0. The fourth-order valence-electron chi connectivity index (χ4n) is 1.21. The molecule has 1 unspecified atom stereocenters. The zero-order chi connectivity index (χ0) is 11.5. The molecule has 0 radical (unpaired) electrons. The second-order valence-electron chi connectivity index (χ2n) is 3.10. The first-order valence-corrected chi connectivity index (χ1v) is 5.87. The van der Waals surface area contributed by atoms with Crippen LogP contribution >= 0.6 is 7.60 Å². The number of aromatic nitrogens is 1. The minimum absolute atomic E-state index is 0.247. The van der Waals surface area contributed by atoms with Crippen LogP contribution in [0.1, 0.15) is 12.6 Å². The average molecular weight is 231 g/mol. The minimum atomic E-state index is -3.61. The number of rotatable bonds is 4. The Morgan fingerprint density at radius 2 is 2.00 bits per heavy atom. The van der Waals surface area contributed by atoms with Crippen LogP contribution in [0.2, 0.25) is 0 Å². The molecule has 0 amide bonds. The summed E-state index contributed by atoms with van der Waals surface area (Å²) in [5, 5.41) is 8.38. The van der Waals surface area contributed by atoms with Crippen molar-refractivity contribution in [1.29, 1.82) is 0 Å². The number of pyridine rings is 1. The molecule has 5 nitrogen and oxygen atoms in total. The van der Waals surface area contributed by atoms with Gasteiger partial charge in [0, 0.05) is 20.4 Å². The third-order valence-corrected chi connectivity index (χ3v) is 4.42. The lowest BCUT2D eigenvalue weighted by molar-refractivity contribution is 0.0895. The molecule has 0 aliphatic carbocycles. The van der Waals surface area contributed by atoms with Crippen molar-refractivity contribution in [2.75, 3.05) is 14.2 Å². The van der Waals surface area contributed by atoms with Crippen molar-refractivity contribution in [3.8, 4) is 0 Å². The van der Waals surface area contributed by atoms with Crippen LogP contribution in [-0.4, -0.2) is 24.3 Å². The Morgan fingerprint density at radius 3 is 2.40 bits per heavy atom. The zero-order valence-electron chi connectivity index (χ0n) is 8.88. The molecule has 84 valence electrons. The molecule has 0 aliphatic heterocycles. The van der Waals surface area contributed by atoms with Gasteiger partial charge in [-0.15, -0.1) is 0 Å². The van der Waals surface area contributed by atoms with E-state index >= 15 is 0 Å². The van der Waals surface area contributed by atoms with Crippen molar-refractivity contribution in [3.63, 3.8) is 0 Å². The molecular weight excluding hydrogens is 217 g/mol. The van der Waals surface area contributed by atoms with Gasteiger partial charge in [0.15, 0.2) is 0 Å². The van der Waals surface area contributed by atoms with Crippen LogP contribution in [0.5, 0.6) is 0 Å². The van der Waals surface area contributed by atoms with E-state index in [-0.39, 0.29) is 5.69 Å². The molecule has 1 aromatic heterocycles. The Morgan fingerprint density at radius 1 is 1.40 bits per heavy atom. The summed E-state index contributed by atoms with van der Waals surface area (Å²) < 4.78 is 21.5. The van der Waals surface area contributed by atoms with Crippen LogP contribution in [0.15, 0.2) is 24.4 Å². The first-order valence-electron chi connectivity index (χ1n) is 4.33. The molecule has 0 aromatic carbocycles. The van der Waals surface area contributed by atoms with Crippen molar-refractivity contribution in [1.82, 2.24) is 4.98 Å². The third-order valence-electron chi connectivity index (χ3n) is 2.16. The molecular formula is C9H14NO4P. The van der Waals surface area contributed by atoms with Crippen LogP contribution in [0.3, 0.4) is 0 Å². The molecule has 0 fully saturated rings. The Bertz CT molecular complexity index is 358. The molecule has 6 heteroatoms. The van der Waals surface area contributed by atoms with E-state index in [1.54, 1.807) is 18.2 Å². The van der Waals surface area contributed by atoms with Crippen molar-refractivity contribution in [2.24, 2.45) is 0 Å². The van der Waals surface area contributed by atoms with Crippen LogP contribution in [-0.2, 0) is 19.0 Å². The van der Waals surface area contributed by atoms with Crippen molar-refractivity contribution < 1.29 is 18.7 Å². The predicted octanol–water partition coefficient (Wildman–Crippen LogP) is 1.73. The maximum Gasteiger partial charge on any atom is 0.367 e. The largest absolute Gasteiger partial charge is 0.372 e. The summed E-state index contributed by atoms with van der Waals surface area (Å²) in [5.74, 6) is 0. The normalized spacial score (nSPS) is 16.0. The molecule has 1 aromatic rings. The van der Waals surface area contributed by atoms with E-state index in [0.717, 1.165) is 0 Å². The molecule has 1 rings (SSSR count). The van der Waals surface area contributed by atoms with Gasteiger partial charge in [-0.2, -0.15) is 0 Å². The number of nitrogens with zero attached hydrogens (tertiary/aromatic N) is 1. The maximum absolute atomic E-state index is 12.0. The lowest BCUT2D eigenvalue weighted by Crippen LogP contribution is -2.24. The summed E-state index contributed by atoms with van der Waals surface area (Å²) in [5.41, 5.74) is 0.247. The highest BCUT2D eigenvalue weighted by Gasteiger charge is 2.47. The molecule has 0 bridgehead atoms. The van der Waals surface area contributed by atoms with Gasteiger partial charge in [0.1, 0.15) is 0 Å². The minimum Gasteiger partial charge on any atom is -0.372 e. The summed E-state index contributed by atoms with van der Waals surface area (Å²) in [6, 6.07) is 4.95. The van der Waals surface area contributed by atoms with Gasteiger partial charge in [-0.25, -0.2) is 0 Å². The fraction of sp³-hybridized carbons (Fsp3) is 0.444. The fourth-order valence-corrected chi connectivity index (χ4v) is 2.49. The topological polar surface area (TPSA) is 68.7 Å². The quantitative estimate of drug-likeness (QED) is 0.799. The van der Waals surface area contributed by atoms with E-state index in [1.807, 2.05) is 0 Å². The molecule has 0 saturated heterocycles. The lowest BCUT2D eigenvalue weighted by atomic mass is 10.2. The highest BCUT2D eigenvalue weighted by Crippen LogP contribution is 2.61. The van der Waals surface area contributed by atoms with E-state index in [9.17, 15) is 9.67 Å². The highest BCUT2D eigenvalue weighted by atomic mass is 31.2. The van der Waals surface area contributed by atoms with Crippen LogP contribution in [0, 0.1) is 0 Å². The van der Waals surface area contributed by atoms with Crippen LogP contribution < -0.4 is 0 Å². The molecule has 0 saturated carbocycles. The van der Waals surface area contributed by atoms with E-state index < -0.39 is 12.9 Å². The van der Waals surface area contributed by atoms with E-state index in [2.05, 4.69) is 4.98 Å². The average Bonchev–Trinajstić information content (AvgIpc) is 2.29. The molecule has 15 heavy (non-hydrogen) atoms. The molecule has 1 heterocycles. The summed E-state index contributed by atoms with van der Waals surface area (Å²) in [7, 11) is -1.17. The van der Waals surface area contributed by atoms with Crippen LogP contribution in [0.25, 0.3) is 0 Å². The highest BCUT2D eigenvalue weighted by molar-refractivity contribution is 7.54. The Labute approximate surface area is 88.6 Å². The second kappa shape index (κ2) is 4.41. The van der Waals surface area contributed by atoms with E-state index in [1.165, 1.54) is 27.3 Å². The Kier molecular flexibility index (Phi) is 3.62. The van der Waals surface area contributed by atoms with Gasteiger partial charge in [-0.1, -0.05) is 6.07 Å². The Balaban J connectivity index is 3.18. The smallest absolute Gasteiger partial charge is 0.367 e. The van der Waals surface area contributed by atoms with E-state index in [0.29, 0.717) is 0 Å². The van der Waals surface area contributed by atoms with Gasteiger partial charge >= 0.3 is 7.60 Å². The van der Waals surface area contributed by atoms with Gasteiger partial charge < -0.3 is 14.2 Å². The maximum atomic E-state index is 12.0. The van der Waals surface area contributed by atoms with Gasteiger partial charge in [-0.05, 0) is 19.1 Å². The lowest BCUT2D eigenvalue weighted by Gasteiger charge is -2.28. The SMILES string of the molecule is COP(=O)(OC)C(C)(O)c1ccccn1. The first-order chi connectivity index (χ1) is 6.98. The molecule has 0 spiro atoms. The van der Waals surface area contributed by atoms with Crippen molar-refractivity contribution in [2.45, 2.75) is 12.3 Å². The molecule has 0 aliphatic rings. The summed E-state index contributed by atoms with van der Waals surface area (Å²) in [4.78, 5) is 3.93. The van der Waals surface area contributed by atoms with E-state index in [4.69, 9.17) is 9.05 Å². The molecule has 1 atom stereocenters. The van der Waals surface area contributed by atoms with Crippen LogP contribution in [0.4, 0.5) is 0 Å². The monoisotopic (exact) mass is 231 g/mol. The van der Waals surface area contributed by atoms with Gasteiger partial charge in [0.05, 0.1) is 5.69 Å². The third kappa shape index (κ3) is 2.11. The van der Waals surface area contributed by atoms with Crippen molar-refractivity contribution in [3.05, 3.63) is 30.1 Å². The Hall–Kier alpha value is -0.740. The number of aliphatic hydroxyl groups is 1. The second-order valence-corrected chi connectivity index (χ2v) is 5.69.